The Morgan fingerprint density at radius 2 is 2.41 bits per heavy atom. The number of aliphatic hydroxyl groups excluding tert-OH is 1. The van der Waals surface area contributed by atoms with Crippen LogP contribution >= 0.6 is 0 Å². The molecule has 0 radical (unpaired) electrons. The molecule has 2 rings (SSSR count). The minimum atomic E-state index is -0.115. The van der Waals surface area contributed by atoms with Gasteiger partial charge >= 0.3 is 0 Å². The van der Waals surface area contributed by atoms with Crippen LogP contribution in [-0.4, -0.2) is 32.5 Å². The van der Waals surface area contributed by atoms with Gasteiger partial charge in [0.15, 0.2) is 0 Å². The number of aryl methyl sites for hydroxylation is 1. The highest BCUT2D eigenvalue weighted by Crippen LogP contribution is 2.24. The molecule has 1 aliphatic carbocycles. The van der Waals surface area contributed by atoms with Gasteiger partial charge in [-0.15, -0.1) is 0 Å². The van der Waals surface area contributed by atoms with Crippen LogP contribution in [0, 0.1) is 5.92 Å². The maximum atomic E-state index is 9.71. The summed E-state index contributed by atoms with van der Waals surface area (Å²) >= 11 is 0. The lowest BCUT2D eigenvalue weighted by Crippen LogP contribution is -2.28. The Morgan fingerprint density at radius 3 is 3.12 bits per heavy atom. The smallest absolute Gasteiger partial charge is 0.140 e. The lowest BCUT2D eigenvalue weighted by atomic mass is 10.1. The Kier molecular flexibility index (Phi) is 4.50. The molecule has 96 valence electrons. The lowest BCUT2D eigenvalue weighted by Gasteiger charge is -2.14. The van der Waals surface area contributed by atoms with Gasteiger partial charge in [0.1, 0.15) is 12.2 Å². The predicted octanol–water partition coefficient (Wildman–Crippen LogP) is 0.939. The van der Waals surface area contributed by atoms with Crippen molar-refractivity contribution in [3.63, 3.8) is 0 Å². The van der Waals surface area contributed by atoms with Gasteiger partial charge in [-0.2, -0.15) is 5.10 Å². The van der Waals surface area contributed by atoms with Crippen LogP contribution in [0.3, 0.4) is 0 Å². The van der Waals surface area contributed by atoms with Crippen LogP contribution in [0.4, 0.5) is 0 Å². The molecular weight excluding hydrogens is 216 g/mol. The molecule has 1 fully saturated rings. The second-order valence-electron chi connectivity index (χ2n) is 4.79. The number of hydrogen-bond acceptors (Lipinski definition) is 4. The second-order valence-corrected chi connectivity index (χ2v) is 4.79. The third kappa shape index (κ3) is 3.26. The van der Waals surface area contributed by atoms with E-state index in [1.807, 2.05) is 4.68 Å². The van der Waals surface area contributed by atoms with Crippen LogP contribution < -0.4 is 5.32 Å². The minimum Gasteiger partial charge on any atom is -0.393 e. The van der Waals surface area contributed by atoms with Crippen molar-refractivity contribution in [3.05, 3.63) is 12.2 Å². The van der Waals surface area contributed by atoms with E-state index in [9.17, 15) is 5.11 Å². The lowest BCUT2D eigenvalue weighted by molar-refractivity contribution is 0.131. The topological polar surface area (TPSA) is 63.0 Å². The number of hydrogen-bond donors (Lipinski definition) is 2. The van der Waals surface area contributed by atoms with E-state index in [1.165, 1.54) is 0 Å². The van der Waals surface area contributed by atoms with Crippen molar-refractivity contribution in [2.24, 2.45) is 5.92 Å². The molecule has 2 unspecified atom stereocenters. The molecular formula is C12H22N4O. The summed E-state index contributed by atoms with van der Waals surface area (Å²) in [5.41, 5.74) is 0. The summed E-state index contributed by atoms with van der Waals surface area (Å²) in [5.74, 6) is 1.40. The minimum absolute atomic E-state index is 0.115. The van der Waals surface area contributed by atoms with E-state index in [-0.39, 0.29) is 6.10 Å². The Labute approximate surface area is 102 Å². The van der Waals surface area contributed by atoms with Gasteiger partial charge in [-0.3, -0.25) is 0 Å². The van der Waals surface area contributed by atoms with Crippen LogP contribution in [0.5, 0.6) is 0 Å². The van der Waals surface area contributed by atoms with Gasteiger partial charge < -0.3 is 10.4 Å². The van der Waals surface area contributed by atoms with E-state index in [4.69, 9.17) is 0 Å². The first-order chi connectivity index (χ1) is 8.31. The van der Waals surface area contributed by atoms with Gasteiger partial charge in [0.25, 0.3) is 0 Å². The van der Waals surface area contributed by atoms with E-state index in [2.05, 4.69) is 22.3 Å². The van der Waals surface area contributed by atoms with Gasteiger partial charge in [-0.25, -0.2) is 9.67 Å². The Hall–Kier alpha value is -0.940. The highest BCUT2D eigenvalue weighted by atomic mass is 16.3. The molecule has 0 amide bonds. The van der Waals surface area contributed by atoms with Crippen LogP contribution in [-0.2, 0) is 13.1 Å². The van der Waals surface area contributed by atoms with E-state index in [0.29, 0.717) is 5.92 Å². The van der Waals surface area contributed by atoms with Crippen molar-refractivity contribution >= 4 is 0 Å². The van der Waals surface area contributed by atoms with Crippen LogP contribution in [0.1, 0.15) is 38.4 Å². The maximum Gasteiger partial charge on any atom is 0.140 e. The number of aliphatic hydroxyl groups is 1. The van der Waals surface area contributed by atoms with Crippen molar-refractivity contribution in [3.8, 4) is 0 Å². The normalized spacial score (nSPS) is 24.4. The molecule has 0 spiro atoms. The fourth-order valence-electron chi connectivity index (χ4n) is 2.45. The third-order valence-corrected chi connectivity index (χ3v) is 3.44. The second kappa shape index (κ2) is 6.12. The van der Waals surface area contributed by atoms with Gasteiger partial charge in [-0.05, 0) is 25.2 Å². The molecule has 1 aromatic heterocycles. The molecule has 1 heterocycles. The molecule has 17 heavy (non-hydrogen) atoms. The van der Waals surface area contributed by atoms with Crippen LogP contribution in [0.25, 0.3) is 0 Å². The first-order valence-corrected chi connectivity index (χ1v) is 6.56. The van der Waals surface area contributed by atoms with E-state index in [1.54, 1.807) is 6.33 Å². The van der Waals surface area contributed by atoms with E-state index < -0.39 is 0 Å². The number of aromatic nitrogens is 3. The largest absolute Gasteiger partial charge is 0.393 e. The van der Waals surface area contributed by atoms with Gasteiger partial charge in [0, 0.05) is 13.1 Å². The predicted molar refractivity (Wildman–Crippen MR) is 65.4 cm³/mol. The molecule has 5 nitrogen and oxygen atoms in total. The van der Waals surface area contributed by atoms with Gasteiger partial charge in [0.05, 0.1) is 12.6 Å². The molecule has 0 aliphatic heterocycles. The highest BCUT2D eigenvalue weighted by Gasteiger charge is 2.24. The van der Waals surface area contributed by atoms with Gasteiger partial charge in [0.2, 0.25) is 0 Å². The molecule has 1 aromatic rings. The molecule has 0 saturated heterocycles. The van der Waals surface area contributed by atoms with Crippen LogP contribution in [0.2, 0.25) is 0 Å². The van der Waals surface area contributed by atoms with Gasteiger partial charge in [-0.1, -0.05) is 13.3 Å². The fourth-order valence-corrected chi connectivity index (χ4v) is 2.45. The average Bonchev–Trinajstić information content (AvgIpc) is 2.90. The summed E-state index contributed by atoms with van der Waals surface area (Å²) in [6.07, 6.45) is 5.80. The standard InChI is InChI=1S/C12H22N4O/c1-2-6-16-12(14-9-15-16)8-13-7-10-4-3-5-11(10)17/h9-11,13,17H,2-8H2,1H3. The number of nitrogens with zero attached hydrogens (tertiary/aromatic N) is 3. The maximum absolute atomic E-state index is 9.71. The van der Waals surface area contributed by atoms with Crippen molar-refractivity contribution in [2.45, 2.75) is 51.8 Å². The molecule has 2 atom stereocenters. The van der Waals surface area contributed by atoms with Crippen LogP contribution in [0.15, 0.2) is 6.33 Å². The summed E-state index contributed by atoms with van der Waals surface area (Å²) in [5, 5.41) is 17.3. The van der Waals surface area contributed by atoms with E-state index in [0.717, 1.165) is 51.1 Å². The number of nitrogens with one attached hydrogen (secondary N) is 1. The Bertz CT molecular complexity index is 339. The third-order valence-electron chi connectivity index (χ3n) is 3.44. The van der Waals surface area contributed by atoms with Crippen molar-refractivity contribution in [1.82, 2.24) is 20.1 Å². The molecule has 2 N–H and O–H groups in total. The summed E-state index contributed by atoms with van der Waals surface area (Å²) in [6.45, 7) is 4.67. The summed E-state index contributed by atoms with van der Waals surface area (Å²) in [7, 11) is 0. The quantitative estimate of drug-likeness (QED) is 0.774. The molecule has 1 aliphatic rings. The monoisotopic (exact) mass is 238 g/mol. The van der Waals surface area contributed by atoms with E-state index >= 15 is 0 Å². The van der Waals surface area contributed by atoms with Crippen molar-refractivity contribution in [1.29, 1.82) is 0 Å². The Morgan fingerprint density at radius 1 is 1.53 bits per heavy atom. The molecule has 0 aromatic carbocycles. The highest BCUT2D eigenvalue weighted by molar-refractivity contribution is 4.85. The first-order valence-electron chi connectivity index (χ1n) is 6.56. The molecule has 1 saturated carbocycles. The van der Waals surface area contributed by atoms with Crippen molar-refractivity contribution in [2.75, 3.05) is 6.54 Å². The number of rotatable bonds is 6. The first kappa shape index (κ1) is 12.5. The zero-order valence-corrected chi connectivity index (χ0v) is 10.5. The summed E-state index contributed by atoms with van der Waals surface area (Å²) in [6, 6.07) is 0. The summed E-state index contributed by atoms with van der Waals surface area (Å²) < 4.78 is 1.94. The SMILES string of the molecule is CCCn1ncnc1CNCC1CCCC1O. The average molecular weight is 238 g/mol. The summed E-state index contributed by atoms with van der Waals surface area (Å²) in [4.78, 5) is 4.24. The zero-order chi connectivity index (χ0) is 12.1. The Balaban J connectivity index is 1.75. The van der Waals surface area contributed by atoms with Crippen molar-refractivity contribution < 1.29 is 5.11 Å². The molecule has 5 heteroatoms. The fraction of sp³-hybridized carbons (Fsp3) is 0.833. The molecule has 0 bridgehead atoms. The zero-order valence-electron chi connectivity index (χ0n) is 10.5.